The first-order chi connectivity index (χ1) is 14.5. The molecule has 0 spiro atoms. The van der Waals surface area contributed by atoms with Crippen LogP contribution in [0.2, 0.25) is 0 Å². The maximum absolute atomic E-state index is 11.6. The molecule has 1 aliphatic rings. The van der Waals surface area contributed by atoms with E-state index in [9.17, 15) is 8.42 Å². The van der Waals surface area contributed by atoms with Crippen LogP contribution >= 0.6 is 0 Å². The summed E-state index contributed by atoms with van der Waals surface area (Å²) in [6.07, 6.45) is 4.16. The van der Waals surface area contributed by atoms with Gasteiger partial charge in [-0.2, -0.15) is 0 Å². The molecule has 0 bridgehead atoms. The van der Waals surface area contributed by atoms with Gasteiger partial charge in [0.05, 0.1) is 4.90 Å². The molecule has 2 aromatic carbocycles. The number of sulfone groups is 1. The van der Waals surface area contributed by atoms with Gasteiger partial charge < -0.3 is 15.0 Å². The number of aliphatic imine (C=N–C) groups is 1. The molecule has 0 radical (unpaired) electrons. The Labute approximate surface area is 179 Å². The molecule has 2 aromatic rings. The van der Waals surface area contributed by atoms with Gasteiger partial charge >= 0.3 is 0 Å². The molecule has 0 saturated carbocycles. The van der Waals surface area contributed by atoms with Crippen molar-refractivity contribution in [1.29, 1.82) is 0 Å². The minimum Gasteiger partial charge on any atom is -0.490 e. The fourth-order valence-electron chi connectivity index (χ4n) is 3.50. The molecular formula is C23H31N3O3S. The molecule has 0 amide bonds. The summed E-state index contributed by atoms with van der Waals surface area (Å²) < 4.78 is 29.2. The van der Waals surface area contributed by atoms with Gasteiger partial charge in [0.1, 0.15) is 11.9 Å². The van der Waals surface area contributed by atoms with Gasteiger partial charge in [-0.25, -0.2) is 8.42 Å². The van der Waals surface area contributed by atoms with E-state index in [1.165, 1.54) is 6.26 Å². The molecule has 3 rings (SSSR count). The van der Waals surface area contributed by atoms with Gasteiger partial charge in [0.15, 0.2) is 15.8 Å². The van der Waals surface area contributed by atoms with Crippen molar-refractivity contribution in [3.05, 3.63) is 60.2 Å². The van der Waals surface area contributed by atoms with Crippen molar-refractivity contribution in [3.8, 4) is 5.75 Å². The van der Waals surface area contributed by atoms with Crippen molar-refractivity contribution in [3.63, 3.8) is 0 Å². The zero-order valence-electron chi connectivity index (χ0n) is 17.8. The maximum atomic E-state index is 11.6. The normalized spacial score (nSPS) is 15.8. The van der Waals surface area contributed by atoms with Gasteiger partial charge in [-0.1, -0.05) is 30.3 Å². The predicted octanol–water partition coefficient (Wildman–Crippen LogP) is 3.14. The zero-order chi connectivity index (χ0) is 21.4. The summed E-state index contributed by atoms with van der Waals surface area (Å²) in [6.45, 7) is 5.37. The minimum atomic E-state index is -3.15. The lowest BCUT2D eigenvalue weighted by molar-refractivity contribution is 0.129. The van der Waals surface area contributed by atoms with E-state index in [4.69, 9.17) is 9.73 Å². The zero-order valence-corrected chi connectivity index (χ0v) is 18.6. The molecule has 0 unspecified atom stereocenters. The number of nitrogens with zero attached hydrogens (tertiary/aromatic N) is 2. The molecule has 1 heterocycles. The molecule has 0 aromatic heterocycles. The van der Waals surface area contributed by atoms with Gasteiger partial charge in [0, 0.05) is 45.3 Å². The lowest BCUT2D eigenvalue weighted by Crippen LogP contribution is -2.47. The highest BCUT2D eigenvalue weighted by atomic mass is 32.2. The van der Waals surface area contributed by atoms with Crippen LogP contribution in [0.5, 0.6) is 5.75 Å². The van der Waals surface area contributed by atoms with Crippen molar-refractivity contribution in [2.75, 3.05) is 32.4 Å². The SMILES string of the molecule is CCNC(=NCCc1ccc(S(C)(=O)=O)cc1)N1CCC(Oc2ccccc2)CC1. The van der Waals surface area contributed by atoms with E-state index in [2.05, 4.69) is 17.1 Å². The highest BCUT2D eigenvalue weighted by Crippen LogP contribution is 2.19. The van der Waals surface area contributed by atoms with E-state index in [1.54, 1.807) is 12.1 Å². The predicted molar refractivity (Wildman–Crippen MR) is 121 cm³/mol. The summed E-state index contributed by atoms with van der Waals surface area (Å²) in [5.41, 5.74) is 1.08. The Balaban J connectivity index is 1.52. The average Bonchev–Trinajstić information content (AvgIpc) is 2.74. The van der Waals surface area contributed by atoms with Gasteiger partial charge in [-0.05, 0) is 43.2 Å². The third kappa shape index (κ3) is 6.49. The van der Waals surface area contributed by atoms with Gasteiger partial charge in [-0.3, -0.25) is 4.99 Å². The van der Waals surface area contributed by atoms with Crippen LogP contribution in [0.3, 0.4) is 0 Å². The van der Waals surface area contributed by atoms with Crippen LogP contribution in [0.4, 0.5) is 0 Å². The molecule has 0 aliphatic carbocycles. The van der Waals surface area contributed by atoms with E-state index in [0.717, 1.165) is 56.2 Å². The number of piperidine rings is 1. The first-order valence-corrected chi connectivity index (χ1v) is 12.4. The van der Waals surface area contributed by atoms with E-state index >= 15 is 0 Å². The van der Waals surface area contributed by atoms with E-state index in [1.807, 2.05) is 42.5 Å². The Morgan fingerprint density at radius 2 is 1.77 bits per heavy atom. The summed E-state index contributed by atoms with van der Waals surface area (Å²) in [6, 6.07) is 17.0. The molecule has 6 nitrogen and oxygen atoms in total. The van der Waals surface area contributed by atoms with Gasteiger partial charge in [0.25, 0.3) is 0 Å². The fourth-order valence-corrected chi connectivity index (χ4v) is 4.13. The highest BCUT2D eigenvalue weighted by molar-refractivity contribution is 7.90. The second-order valence-corrected chi connectivity index (χ2v) is 9.53. The second kappa shape index (κ2) is 10.5. The lowest BCUT2D eigenvalue weighted by Gasteiger charge is -2.34. The quantitative estimate of drug-likeness (QED) is 0.541. The molecule has 30 heavy (non-hydrogen) atoms. The topological polar surface area (TPSA) is 71.0 Å². The molecule has 162 valence electrons. The summed E-state index contributed by atoms with van der Waals surface area (Å²) >= 11 is 0. The van der Waals surface area contributed by atoms with Crippen LogP contribution in [-0.4, -0.2) is 57.8 Å². The van der Waals surface area contributed by atoms with E-state index < -0.39 is 9.84 Å². The summed E-state index contributed by atoms with van der Waals surface area (Å²) in [7, 11) is -3.15. The van der Waals surface area contributed by atoms with E-state index in [-0.39, 0.29) is 6.10 Å². The van der Waals surface area contributed by atoms with Crippen LogP contribution in [0, 0.1) is 0 Å². The number of nitrogens with one attached hydrogen (secondary N) is 1. The third-order valence-corrected chi connectivity index (χ3v) is 6.26. The molecule has 1 fully saturated rings. The maximum Gasteiger partial charge on any atom is 0.193 e. The summed E-state index contributed by atoms with van der Waals surface area (Å²) in [5, 5.41) is 3.39. The molecule has 7 heteroatoms. The molecule has 1 N–H and O–H groups in total. The van der Waals surface area contributed by atoms with Crippen molar-refractivity contribution in [1.82, 2.24) is 10.2 Å². The summed E-state index contributed by atoms with van der Waals surface area (Å²) in [5.74, 6) is 1.86. The van der Waals surface area contributed by atoms with Crippen molar-refractivity contribution in [2.45, 2.75) is 37.2 Å². The molecule has 0 atom stereocenters. The minimum absolute atomic E-state index is 0.236. The van der Waals surface area contributed by atoms with E-state index in [0.29, 0.717) is 11.4 Å². The first kappa shape index (κ1) is 22.2. The number of guanidine groups is 1. The second-order valence-electron chi connectivity index (χ2n) is 7.52. The standard InChI is InChI=1S/C23H31N3O3S/c1-3-24-23(25-16-13-19-9-11-22(12-10-19)30(2,27)28)26-17-14-21(15-18-26)29-20-7-5-4-6-8-20/h4-12,21H,3,13-18H2,1-2H3,(H,24,25). The van der Waals surface area contributed by atoms with Crippen LogP contribution in [-0.2, 0) is 16.3 Å². The van der Waals surface area contributed by atoms with Crippen LogP contribution < -0.4 is 10.1 Å². The monoisotopic (exact) mass is 429 g/mol. The molecular weight excluding hydrogens is 398 g/mol. The third-order valence-electron chi connectivity index (χ3n) is 5.14. The number of para-hydroxylation sites is 1. The van der Waals surface area contributed by atoms with Gasteiger partial charge in [-0.15, -0.1) is 0 Å². The molecule has 1 saturated heterocycles. The van der Waals surface area contributed by atoms with Crippen LogP contribution in [0.25, 0.3) is 0 Å². The van der Waals surface area contributed by atoms with Crippen molar-refractivity contribution in [2.24, 2.45) is 4.99 Å². The Hall–Kier alpha value is -2.54. The Morgan fingerprint density at radius 3 is 2.37 bits per heavy atom. The number of likely N-dealkylation sites (tertiary alicyclic amines) is 1. The Kier molecular flexibility index (Phi) is 7.74. The smallest absolute Gasteiger partial charge is 0.193 e. The lowest BCUT2D eigenvalue weighted by atomic mass is 10.1. The summed E-state index contributed by atoms with van der Waals surface area (Å²) in [4.78, 5) is 7.43. The number of benzene rings is 2. The molecule has 1 aliphatic heterocycles. The van der Waals surface area contributed by atoms with Crippen molar-refractivity contribution < 1.29 is 13.2 Å². The largest absolute Gasteiger partial charge is 0.490 e. The van der Waals surface area contributed by atoms with Crippen molar-refractivity contribution >= 4 is 15.8 Å². The fraction of sp³-hybridized carbons (Fsp3) is 0.435. The highest BCUT2D eigenvalue weighted by Gasteiger charge is 2.22. The number of hydrogen-bond donors (Lipinski definition) is 1. The average molecular weight is 430 g/mol. The number of ether oxygens (including phenoxy) is 1. The Bertz CT molecular complexity index is 920. The Morgan fingerprint density at radius 1 is 1.10 bits per heavy atom. The van der Waals surface area contributed by atoms with Crippen LogP contribution in [0.1, 0.15) is 25.3 Å². The number of rotatable bonds is 7. The van der Waals surface area contributed by atoms with Gasteiger partial charge in [0.2, 0.25) is 0 Å². The van der Waals surface area contributed by atoms with Crippen LogP contribution in [0.15, 0.2) is 64.5 Å². The number of hydrogen-bond acceptors (Lipinski definition) is 4. The first-order valence-electron chi connectivity index (χ1n) is 10.5.